The lowest BCUT2D eigenvalue weighted by molar-refractivity contribution is -0.140. The van der Waals surface area contributed by atoms with Gasteiger partial charge in [-0.2, -0.15) is 13.2 Å². The Morgan fingerprint density at radius 3 is 2.42 bits per heavy atom. The number of anilines is 1. The van der Waals surface area contributed by atoms with Crippen LogP contribution in [0.5, 0.6) is 0 Å². The Labute approximate surface area is 143 Å². The highest BCUT2D eigenvalue weighted by Gasteiger charge is 2.34. The number of rotatable bonds is 2. The van der Waals surface area contributed by atoms with E-state index in [9.17, 15) is 18.0 Å². The fourth-order valence-electron chi connectivity index (χ4n) is 2.15. The quantitative estimate of drug-likeness (QED) is 0.693. The van der Waals surface area contributed by atoms with Crippen molar-refractivity contribution in [3.05, 3.63) is 64.0 Å². The minimum absolute atomic E-state index is 0.0328. The summed E-state index contributed by atoms with van der Waals surface area (Å²) in [7, 11) is 0. The van der Waals surface area contributed by atoms with E-state index in [4.69, 9.17) is 23.2 Å². The molecule has 0 saturated carbocycles. The molecular weight excluding hydrogens is 366 g/mol. The fraction of sp³-hybridized carbons (Fsp3) is 0.0667. The van der Waals surface area contributed by atoms with Crippen LogP contribution >= 0.6 is 23.2 Å². The molecule has 0 radical (unpaired) electrons. The molecule has 4 nitrogen and oxygen atoms in total. The van der Waals surface area contributed by atoms with Crippen LogP contribution in [0.4, 0.5) is 18.9 Å². The molecule has 1 aromatic carbocycles. The van der Waals surface area contributed by atoms with E-state index >= 15 is 0 Å². The summed E-state index contributed by atoms with van der Waals surface area (Å²) < 4.78 is 39.6. The minimum Gasteiger partial charge on any atom is -0.319 e. The topological polar surface area (TPSA) is 46.4 Å². The predicted octanol–water partition coefficient (Wildman–Crippen LogP) is 4.91. The number of nitrogens with zero attached hydrogens (tertiary/aromatic N) is 2. The lowest BCUT2D eigenvalue weighted by atomic mass is 10.2. The molecule has 24 heavy (non-hydrogen) atoms. The number of aromatic nitrogens is 2. The normalized spacial score (nSPS) is 11.7. The zero-order valence-electron chi connectivity index (χ0n) is 11.7. The van der Waals surface area contributed by atoms with Gasteiger partial charge in [0.15, 0.2) is 11.3 Å². The number of nitrogens with one attached hydrogen (secondary N) is 1. The maximum atomic E-state index is 12.8. The van der Waals surface area contributed by atoms with Gasteiger partial charge in [0, 0.05) is 12.4 Å². The summed E-state index contributed by atoms with van der Waals surface area (Å²) in [5.74, 6) is -0.643. The van der Waals surface area contributed by atoms with Gasteiger partial charge in [-0.05, 0) is 24.3 Å². The third kappa shape index (κ3) is 3.05. The molecule has 3 rings (SSSR count). The second-order valence-corrected chi connectivity index (χ2v) is 5.64. The Bertz CT molecular complexity index is 917. The number of imidazole rings is 1. The maximum absolute atomic E-state index is 12.8. The lowest BCUT2D eigenvalue weighted by Gasteiger charge is -2.09. The van der Waals surface area contributed by atoms with Gasteiger partial charge in [0.25, 0.3) is 5.91 Å². The van der Waals surface area contributed by atoms with Crippen LogP contribution in [-0.2, 0) is 6.18 Å². The second kappa shape index (κ2) is 5.99. The average molecular weight is 374 g/mol. The molecule has 0 unspecified atom stereocenters. The van der Waals surface area contributed by atoms with Gasteiger partial charge < -0.3 is 9.72 Å². The van der Waals surface area contributed by atoms with Gasteiger partial charge in [-0.25, -0.2) is 4.98 Å². The number of pyridine rings is 1. The fourth-order valence-corrected chi connectivity index (χ4v) is 2.72. The van der Waals surface area contributed by atoms with Crippen LogP contribution in [0.3, 0.4) is 0 Å². The third-order valence-corrected chi connectivity index (χ3v) is 3.84. The molecule has 0 aliphatic carbocycles. The summed E-state index contributed by atoms with van der Waals surface area (Å²) in [4.78, 5) is 15.9. The summed E-state index contributed by atoms with van der Waals surface area (Å²) in [6.45, 7) is 0. The molecule has 0 bridgehead atoms. The van der Waals surface area contributed by atoms with Crippen LogP contribution in [0.2, 0.25) is 10.0 Å². The maximum Gasteiger partial charge on any atom is 0.434 e. The van der Waals surface area contributed by atoms with E-state index in [1.807, 2.05) is 0 Å². The van der Waals surface area contributed by atoms with E-state index in [-0.39, 0.29) is 26.9 Å². The van der Waals surface area contributed by atoms with Crippen molar-refractivity contribution in [2.45, 2.75) is 6.18 Å². The zero-order chi connectivity index (χ0) is 17.5. The van der Waals surface area contributed by atoms with E-state index in [1.54, 1.807) is 6.07 Å². The van der Waals surface area contributed by atoms with Crippen molar-refractivity contribution < 1.29 is 18.0 Å². The van der Waals surface area contributed by atoms with E-state index in [0.29, 0.717) is 0 Å². The SMILES string of the molecule is O=C(Nc1cccn2cc(C(F)(F)F)nc12)c1c(Cl)cccc1Cl. The van der Waals surface area contributed by atoms with E-state index in [0.717, 1.165) is 6.20 Å². The smallest absolute Gasteiger partial charge is 0.319 e. The molecule has 124 valence electrons. The Morgan fingerprint density at radius 2 is 1.79 bits per heavy atom. The third-order valence-electron chi connectivity index (χ3n) is 3.21. The van der Waals surface area contributed by atoms with Gasteiger partial charge in [0.05, 0.1) is 21.3 Å². The van der Waals surface area contributed by atoms with Crippen molar-refractivity contribution in [2.75, 3.05) is 5.32 Å². The number of amides is 1. The molecule has 2 aromatic heterocycles. The molecule has 9 heteroatoms. The zero-order valence-corrected chi connectivity index (χ0v) is 13.2. The molecule has 0 aliphatic rings. The first-order chi connectivity index (χ1) is 11.3. The Balaban J connectivity index is 2.01. The molecule has 2 heterocycles. The van der Waals surface area contributed by atoms with Crippen molar-refractivity contribution in [1.29, 1.82) is 0 Å². The molecule has 0 atom stereocenters. The van der Waals surface area contributed by atoms with E-state index in [1.165, 1.54) is 34.9 Å². The number of carbonyl (C=O) groups is 1. The van der Waals surface area contributed by atoms with Gasteiger partial charge in [-0.15, -0.1) is 0 Å². The Hall–Kier alpha value is -2.25. The monoisotopic (exact) mass is 373 g/mol. The molecule has 0 aliphatic heterocycles. The molecule has 0 fully saturated rings. The number of hydrogen-bond acceptors (Lipinski definition) is 2. The summed E-state index contributed by atoms with van der Waals surface area (Å²) in [6.07, 6.45) is -2.34. The van der Waals surface area contributed by atoms with Gasteiger partial charge in [0.2, 0.25) is 0 Å². The highest BCUT2D eigenvalue weighted by atomic mass is 35.5. The first-order valence-electron chi connectivity index (χ1n) is 6.57. The summed E-state index contributed by atoms with van der Waals surface area (Å²) in [5, 5.41) is 2.75. The van der Waals surface area contributed by atoms with Crippen LogP contribution in [0.1, 0.15) is 16.1 Å². The number of alkyl halides is 3. The largest absolute Gasteiger partial charge is 0.434 e. The van der Waals surface area contributed by atoms with Gasteiger partial charge in [-0.3, -0.25) is 4.79 Å². The summed E-state index contributed by atoms with van der Waals surface area (Å²) in [5.41, 5.74) is -0.958. The van der Waals surface area contributed by atoms with Crippen LogP contribution in [0.15, 0.2) is 42.7 Å². The van der Waals surface area contributed by atoms with Gasteiger partial charge >= 0.3 is 6.18 Å². The molecule has 1 N–H and O–H groups in total. The summed E-state index contributed by atoms with van der Waals surface area (Å²) in [6, 6.07) is 7.47. The standard InChI is InChI=1S/C15H8Cl2F3N3O/c16-8-3-1-4-9(17)12(8)14(24)21-10-5-2-6-23-7-11(15(18,19)20)22-13(10)23/h1-7H,(H,21,24). The molecular formula is C15H8Cl2F3N3O. The van der Waals surface area contributed by atoms with Crippen LogP contribution < -0.4 is 5.32 Å². The van der Waals surface area contributed by atoms with E-state index < -0.39 is 17.8 Å². The lowest BCUT2D eigenvalue weighted by Crippen LogP contribution is -2.14. The van der Waals surface area contributed by atoms with Crippen molar-refractivity contribution in [2.24, 2.45) is 0 Å². The number of fused-ring (bicyclic) bond motifs is 1. The molecule has 1 amide bonds. The Kier molecular flexibility index (Phi) is 4.15. The number of halogens is 5. The number of hydrogen-bond donors (Lipinski definition) is 1. The van der Waals surface area contributed by atoms with Crippen molar-refractivity contribution in [3.8, 4) is 0 Å². The van der Waals surface area contributed by atoms with Crippen LogP contribution in [0.25, 0.3) is 5.65 Å². The van der Waals surface area contributed by atoms with E-state index in [2.05, 4.69) is 10.3 Å². The average Bonchev–Trinajstić information content (AvgIpc) is 2.92. The van der Waals surface area contributed by atoms with Crippen molar-refractivity contribution in [3.63, 3.8) is 0 Å². The molecule has 3 aromatic rings. The molecule has 0 spiro atoms. The number of benzene rings is 1. The highest BCUT2D eigenvalue weighted by molar-refractivity contribution is 6.40. The summed E-state index contributed by atoms with van der Waals surface area (Å²) >= 11 is 11.9. The minimum atomic E-state index is -4.58. The van der Waals surface area contributed by atoms with Gasteiger partial charge in [-0.1, -0.05) is 29.3 Å². The number of carbonyl (C=O) groups excluding carboxylic acids is 1. The van der Waals surface area contributed by atoms with Crippen molar-refractivity contribution in [1.82, 2.24) is 9.38 Å². The first kappa shape index (κ1) is 16.6. The van der Waals surface area contributed by atoms with Gasteiger partial charge in [0.1, 0.15) is 0 Å². The van der Waals surface area contributed by atoms with Crippen LogP contribution in [0, 0.1) is 0 Å². The first-order valence-corrected chi connectivity index (χ1v) is 7.33. The highest BCUT2D eigenvalue weighted by Crippen LogP contribution is 2.30. The van der Waals surface area contributed by atoms with Crippen molar-refractivity contribution >= 4 is 40.4 Å². The Morgan fingerprint density at radius 1 is 1.12 bits per heavy atom. The predicted molar refractivity (Wildman–Crippen MR) is 84.6 cm³/mol. The van der Waals surface area contributed by atoms with Crippen LogP contribution in [-0.4, -0.2) is 15.3 Å². The second-order valence-electron chi connectivity index (χ2n) is 4.83. The molecule has 0 saturated heterocycles.